The van der Waals surface area contributed by atoms with Crippen LogP contribution in [-0.4, -0.2) is 0 Å². The molecule has 1 heterocycles. The molecule has 0 spiro atoms. The average Bonchev–Trinajstić information content (AvgIpc) is 2.07. The molecule has 0 aliphatic rings. The van der Waals surface area contributed by atoms with Gasteiger partial charge in [0.2, 0.25) is 0 Å². The molecule has 1 aromatic heterocycles. The van der Waals surface area contributed by atoms with Crippen LogP contribution < -0.4 is 4.73 Å². The molecule has 0 aromatic carbocycles. The molecule has 2 nitrogen and oxygen atoms in total. The Hall–Kier alpha value is -0.700. The van der Waals surface area contributed by atoms with Crippen LogP contribution in [0, 0.1) is 12.1 Å². The number of nitrogens with zero attached hydrogens (tertiary/aromatic N) is 1. The summed E-state index contributed by atoms with van der Waals surface area (Å²) in [4.78, 5) is 0. The van der Waals surface area contributed by atoms with Crippen LogP contribution in [0.3, 0.4) is 0 Å². The largest absolute Gasteiger partial charge is 0.618 e. The third-order valence-corrected chi connectivity index (χ3v) is 2.49. The summed E-state index contributed by atoms with van der Waals surface area (Å²) in [5.41, 5.74) is 2.22. The van der Waals surface area contributed by atoms with Crippen molar-refractivity contribution < 1.29 is 4.73 Å². The van der Waals surface area contributed by atoms with Crippen LogP contribution in [0.2, 0.25) is 0 Å². The minimum Gasteiger partial charge on any atom is -0.618 e. The number of pyridine rings is 1. The Morgan fingerprint density at radius 2 is 2.25 bits per heavy atom. The highest BCUT2D eigenvalue weighted by Crippen LogP contribution is 2.14. The molecule has 0 N–H and O–H groups in total. The molecule has 0 amide bonds. The summed E-state index contributed by atoms with van der Waals surface area (Å²) < 4.78 is 0.789. The van der Waals surface area contributed by atoms with E-state index in [9.17, 15) is 5.21 Å². The highest BCUT2D eigenvalue weighted by molar-refractivity contribution is 7.80. The third-order valence-electron chi connectivity index (χ3n) is 1.96. The maximum absolute atomic E-state index is 11.0. The first-order valence-corrected chi connectivity index (χ1v) is 4.52. The molecule has 1 aromatic rings. The number of hydrogen-bond donors (Lipinski definition) is 1. The summed E-state index contributed by atoms with van der Waals surface area (Å²) in [5, 5.41) is 11.6. The van der Waals surface area contributed by atoms with Crippen molar-refractivity contribution in [3.05, 3.63) is 28.6 Å². The quantitative estimate of drug-likeness (QED) is 0.423. The van der Waals surface area contributed by atoms with Crippen LogP contribution in [0.15, 0.2) is 17.3 Å². The first kappa shape index (κ1) is 9.39. The van der Waals surface area contributed by atoms with Gasteiger partial charge in [0.15, 0.2) is 6.20 Å². The fourth-order valence-corrected chi connectivity index (χ4v) is 1.41. The lowest BCUT2D eigenvalue weighted by molar-refractivity contribution is -0.645. The monoisotopic (exact) mass is 183 g/mol. The zero-order valence-electron chi connectivity index (χ0n) is 7.37. The average molecular weight is 183 g/mol. The third kappa shape index (κ3) is 1.72. The molecular formula is C9H13NOS. The summed E-state index contributed by atoms with van der Waals surface area (Å²) in [7, 11) is 0. The zero-order valence-corrected chi connectivity index (χ0v) is 8.27. The first-order chi connectivity index (χ1) is 5.66. The Balaban J connectivity index is 3.08. The molecule has 1 rings (SSSR count). The fourth-order valence-electron chi connectivity index (χ4n) is 1.20. The van der Waals surface area contributed by atoms with Crippen LogP contribution in [0.5, 0.6) is 0 Å². The van der Waals surface area contributed by atoms with Gasteiger partial charge in [0.25, 0.3) is 5.03 Å². The molecule has 0 unspecified atom stereocenters. The van der Waals surface area contributed by atoms with E-state index in [2.05, 4.69) is 19.6 Å². The Morgan fingerprint density at radius 1 is 1.58 bits per heavy atom. The number of hydrogen-bond acceptors (Lipinski definition) is 2. The Labute approximate surface area is 78.2 Å². The van der Waals surface area contributed by atoms with Crippen LogP contribution in [-0.2, 0) is 6.42 Å². The second-order valence-electron chi connectivity index (χ2n) is 2.87. The van der Waals surface area contributed by atoms with E-state index in [0.717, 1.165) is 23.1 Å². The minimum absolute atomic E-state index is 0.515. The van der Waals surface area contributed by atoms with Crippen molar-refractivity contribution in [3.8, 4) is 0 Å². The number of thiol groups is 1. The second-order valence-corrected chi connectivity index (χ2v) is 3.29. The van der Waals surface area contributed by atoms with Crippen molar-refractivity contribution in [2.75, 3.05) is 0 Å². The van der Waals surface area contributed by atoms with Crippen molar-refractivity contribution in [2.45, 2.75) is 31.7 Å². The maximum atomic E-state index is 11.0. The summed E-state index contributed by atoms with van der Waals surface area (Å²) in [6, 6.07) is 1.87. The summed E-state index contributed by atoms with van der Waals surface area (Å²) in [5.74, 6) is 0. The zero-order chi connectivity index (χ0) is 9.14. The smallest absolute Gasteiger partial charge is 0.251 e. The Kier molecular flexibility index (Phi) is 2.98. The van der Waals surface area contributed by atoms with Gasteiger partial charge in [-0.15, -0.1) is 0 Å². The maximum Gasteiger partial charge on any atom is 0.251 e. The van der Waals surface area contributed by atoms with Crippen molar-refractivity contribution in [1.82, 2.24) is 0 Å². The van der Waals surface area contributed by atoms with Gasteiger partial charge in [-0.25, -0.2) is 0 Å². The predicted octanol–water partition coefficient (Wildman–Crippen LogP) is 1.87. The summed E-state index contributed by atoms with van der Waals surface area (Å²) in [6.07, 6.45) is 3.62. The van der Waals surface area contributed by atoms with Gasteiger partial charge >= 0.3 is 0 Å². The number of aryl methyl sites for hydroxylation is 1. The van der Waals surface area contributed by atoms with Crippen LogP contribution in [0.25, 0.3) is 0 Å². The number of rotatable bonds is 2. The van der Waals surface area contributed by atoms with E-state index in [1.165, 1.54) is 11.8 Å². The number of aromatic nitrogens is 1. The van der Waals surface area contributed by atoms with Crippen molar-refractivity contribution in [2.24, 2.45) is 0 Å². The van der Waals surface area contributed by atoms with Crippen molar-refractivity contribution in [1.29, 1.82) is 0 Å². The lowest BCUT2D eigenvalue weighted by atomic mass is 10.1. The topological polar surface area (TPSA) is 26.9 Å². The van der Waals surface area contributed by atoms with Gasteiger partial charge in [0.05, 0.1) is 0 Å². The van der Waals surface area contributed by atoms with E-state index in [-0.39, 0.29) is 0 Å². The predicted molar refractivity (Wildman–Crippen MR) is 51.4 cm³/mol. The SMILES string of the molecule is CCCc1cc[n+]([O-])c(S)c1C. The highest BCUT2D eigenvalue weighted by Gasteiger charge is 2.08. The molecule has 0 radical (unpaired) electrons. The Morgan fingerprint density at radius 3 is 2.83 bits per heavy atom. The van der Waals surface area contributed by atoms with E-state index in [0.29, 0.717) is 5.03 Å². The second kappa shape index (κ2) is 3.81. The molecule has 66 valence electrons. The molecule has 0 aliphatic carbocycles. The van der Waals surface area contributed by atoms with Gasteiger partial charge < -0.3 is 5.21 Å². The van der Waals surface area contributed by atoms with E-state index in [1.54, 1.807) is 0 Å². The van der Waals surface area contributed by atoms with E-state index >= 15 is 0 Å². The van der Waals surface area contributed by atoms with Gasteiger partial charge in [-0.1, -0.05) is 26.0 Å². The molecule has 0 bridgehead atoms. The van der Waals surface area contributed by atoms with Crippen molar-refractivity contribution >= 4 is 12.6 Å². The molecular weight excluding hydrogens is 170 g/mol. The first-order valence-electron chi connectivity index (χ1n) is 4.07. The lowest BCUT2D eigenvalue weighted by Crippen LogP contribution is -2.28. The molecule has 3 heteroatoms. The van der Waals surface area contributed by atoms with Gasteiger partial charge in [-0.05, 0) is 18.9 Å². The van der Waals surface area contributed by atoms with Gasteiger partial charge in [-0.2, -0.15) is 4.73 Å². The highest BCUT2D eigenvalue weighted by atomic mass is 32.1. The molecule has 0 atom stereocenters. The van der Waals surface area contributed by atoms with E-state index in [1.807, 2.05) is 13.0 Å². The Bertz CT molecular complexity index is 286. The van der Waals surface area contributed by atoms with Crippen LogP contribution in [0.4, 0.5) is 0 Å². The molecule has 0 saturated heterocycles. The minimum atomic E-state index is 0.515. The van der Waals surface area contributed by atoms with Crippen molar-refractivity contribution in [3.63, 3.8) is 0 Å². The van der Waals surface area contributed by atoms with E-state index < -0.39 is 0 Å². The van der Waals surface area contributed by atoms with E-state index in [4.69, 9.17) is 0 Å². The van der Waals surface area contributed by atoms with Crippen LogP contribution >= 0.6 is 12.6 Å². The van der Waals surface area contributed by atoms with Crippen LogP contribution in [0.1, 0.15) is 24.5 Å². The van der Waals surface area contributed by atoms with Gasteiger partial charge in [0, 0.05) is 11.6 Å². The van der Waals surface area contributed by atoms with Gasteiger partial charge in [0.1, 0.15) is 0 Å². The summed E-state index contributed by atoms with van der Waals surface area (Å²) >= 11 is 4.12. The standard InChI is InChI=1S/C9H13NOS/c1-3-4-8-5-6-10(11)9(12)7(8)2/h5-6,12H,3-4H2,1-2H3. The molecule has 0 fully saturated rings. The molecule has 0 saturated carbocycles. The normalized spacial score (nSPS) is 10.2. The molecule has 0 aliphatic heterocycles. The molecule has 12 heavy (non-hydrogen) atoms. The summed E-state index contributed by atoms with van der Waals surface area (Å²) in [6.45, 7) is 4.05. The lowest BCUT2D eigenvalue weighted by Gasteiger charge is -2.06. The van der Waals surface area contributed by atoms with Gasteiger partial charge in [-0.3, -0.25) is 0 Å². The fraction of sp³-hybridized carbons (Fsp3) is 0.444.